The maximum atomic E-state index is 13.2. The molecular weight excluding hydrogens is 414 g/mol. The van der Waals surface area contributed by atoms with Crippen LogP contribution in [0.25, 0.3) is 22.3 Å². The van der Waals surface area contributed by atoms with Crippen LogP contribution < -0.4 is 0 Å². The molecule has 4 aromatic rings. The first-order valence-corrected chi connectivity index (χ1v) is 10.1. The third-order valence-electron chi connectivity index (χ3n) is 4.10. The number of halogens is 1. The predicted octanol–water partition coefficient (Wildman–Crippen LogP) is 4.41. The summed E-state index contributed by atoms with van der Waals surface area (Å²) < 4.78 is 28.1. The smallest absolute Gasteiger partial charge is 0.235 e. The largest absolute Gasteiger partial charge is 0.269 e. The Hall–Kier alpha value is -2.51. The second-order valence-electron chi connectivity index (χ2n) is 5.89. The maximum Gasteiger partial charge on any atom is 0.269 e. The van der Waals surface area contributed by atoms with Crippen LogP contribution >= 0.6 is 15.9 Å². The maximum absolute atomic E-state index is 13.2. The monoisotopic (exact) mass is 427 g/mol. The number of aromatic nitrogens is 3. The Balaban J connectivity index is 2.01. The van der Waals surface area contributed by atoms with E-state index in [0.717, 1.165) is 11.1 Å². The highest BCUT2D eigenvalue weighted by Gasteiger charge is 2.23. The van der Waals surface area contributed by atoms with Crippen LogP contribution in [0.1, 0.15) is 5.56 Å². The van der Waals surface area contributed by atoms with Gasteiger partial charge in [-0.3, -0.25) is 0 Å². The third-order valence-corrected chi connectivity index (χ3v) is 6.14. The lowest BCUT2D eigenvalue weighted by atomic mass is 10.1. The van der Waals surface area contributed by atoms with Gasteiger partial charge in [-0.2, -0.15) is 0 Å². The molecule has 4 rings (SSSR count). The van der Waals surface area contributed by atoms with Crippen LogP contribution in [-0.2, 0) is 10.0 Å². The van der Waals surface area contributed by atoms with Crippen LogP contribution in [0.3, 0.4) is 0 Å². The van der Waals surface area contributed by atoms with Gasteiger partial charge in [-0.15, -0.1) is 0 Å². The van der Waals surface area contributed by atoms with E-state index in [1.54, 1.807) is 30.5 Å². The van der Waals surface area contributed by atoms with Gasteiger partial charge in [0.15, 0.2) is 5.65 Å². The number of hydrogen-bond donors (Lipinski definition) is 0. The molecule has 2 aromatic carbocycles. The first-order chi connectivity index (χ1) is 12.5. The quantitative estimate of drug-likeness (QED) is 0.485. The molecule has 0 saturated carbocycles. The van der Waals surface area contributed by atoms with Gasteiger partial charge < -0.3 is 0 Å². The molecule has 0 amide bonds. The minimum absolute atomic E-state index is 0.212. The summed E-state index contributed by atoms with van der Waals surface area (Å²) in [6.07, 6.45) is 3.08. The zero-order valence-electron chi connectivity index (χ0n) is 13.8. The van der Waals surface area contributed by atoms with Crippen molar-refractivity contribution in [3.05, 3.63) is 77.2 Å². The summed E-state index contributed by atoms with van der Waals surface area (Å²) in [5, 5.41) is 0. The molecule has 130 valence electrons. The second kappa shape index (κ2) is 6.34. The number of hydrogen-bond acceptors (Lipinski definition) is 4. The van der Waals surface area contributed by atoms with Crippen LogP contribution in [0.4, 0.5) is 0 Å². The molecule has 0 fully saturated rings. The highest BCUT2D eigenvalue weighted by atomic mass is 79.9. The lowest BCUT2D eigenvalue weighted by molar-refractivity contribution is 0.588. The Kier molecular flexibility index (Phi) is 4.13. The summed E-state index contributed by atoms with van der Waals surface area (Å²) in [6, 6.07) is 16.3. The summed E-state index contributed by atoms with van der Waals surface area (Å²) in [5.41, 5.74) is 3.41. The first kappa shape index (κ1) is 16.9. The van der Waals surface area contributed by atoms with Gasteiger partial charge in [0.05, 0.1) is 11.1 Å². The van der Waals surface area contributed by atoms with Gasteiger partial charge in [-0.25, -0.2) is 22.4 Å². The highest BCUT2D eigenvalue weighted by molar-refractivity contribution is 9.10. The fourth-order valence-electron chi connectivity index (χ4n) is 2.78. The average Bonchev–Trinajstić information content (AvgIpc) is 3.02. The molecule has 0 radical (unpaired) electrons. The minimum Gasteiger partial charge on any atom is -0.235 e. The fraction of sp³-hybridized carbons (Fsp3) is 0.0526. The molecule has 0 spiro atoms. The lowest BCUT2D eigenvalue weighted by Gasteiger charge is -2.07. The summed E-state index contributed by atoms with van der Waals surface area (Å²) in [7, 11) is -3.78. The molecule has 0 aliphatic carbocycles. The van der Waals surface area contributed by atoms with Crippen LogP contribution in [0.15, 0.2) is 76.5 Å². The van der Waals surface area contributed by atoms with E-state index < -0.39 is 10.0 Å². The van der Waals surface area contributed by atoms with E-state index in [0.29, 0.717) is 21.3 Å². The summed E-state index contributed by atoms with van der Waals surface area (Å²) in [4.78, 5) is 8.99. The number of aryl methyl sites for hydroxylation is 1. The van der Waals surface area contributed by atoms with E-state index in [1.165, 1.54) is 10.2 Å². The van der Waals surface area contributed by atoms with Gasteiger partial charge in [0, 0.05) is 11.8 Å². The summed E-state index contributed by atoms with van der Waals surface area (Å²) in [5.74, 6) is 0. The Labute approximate surface area is 159 Å². The van der Waals surface area contributed by atoms with E-state index >= 15 is 0 Å². The van der Waals surface area contributed by atoms with Crippen molar-refractivity contribution < 1.29 is 8.42 Å². The zero-order chi connectivity index (χ0) is 18.3. The third kappa shape index (κ3) is 2.83. The molecule has 5 nitrogen and oxygen atoms in total. The SMILES string of the molecule is Cc1ccc(S(=O)(=O)n2cc(-c3ccccc3)c3nc(Br)cnc32)cc1. The van der Waals surface area contributed by atoms with Gasteiger partial charge in [0.1, 0.15) is 10.1 Å². The fourth-order valence-corrected chi connectivity index (χ4v) is 4.37. The van der Waals surface area contributed by atoms with Crippen LogP contribution in [0, 0.1) is 6.92 Å². The molecule has 2 heterocycles. The average molecular weight is 428 g/mol. The van der Waals surface area contributed by atoms with Gasteiger partial charge in [0.2, 0.25) is 0 Å². The van der Waals surface area contributed by atoms with E-state index in [2.05, 4.69) is 25.9 Å². The van der Waals surface area contributed by atoms with E-state index in [-0.39, 0.29) is 4.90 Å². The number of fused-ring (bicyclic) bond motifs is 1. The number of rotatable bonds is 3. The van der Waals surface area contributed by atoms with Crippen molar-refractivity contribution in [2.45, 2.75) is 11.8 Å². The molecule has 0 N–H and O–H groups in total. The van der Waals surface area contributed by atoms with Crippen molar-refractivity contribution in [3.63, 3.8) is 0 Å². The molecule has 0 aliphatic rings. The topological polar surface area (TPSA) is 64.8 Å². The van der Waals surface area contributed by atoms with Crippen molar-refractivity contribution in [3.8, 4) is 11.1 Å². The van der Waals surface area contributed by atoms with Crippen molar-refractivity contribution >= 4 is 37.1 Å². The molecule has 7 heteroatoms. The highest BCUT2D eigenvalue weighted by Crippen LogP contribution is 2.31. The Morgan fingerprint density at radius 3 is 2.38 bits per heavy atom. The predicted molar refractivity (Wildman–Crippen MR) is 104 cm³/mol. The lowest BCUT2D eigenvalue weighted by Crippen LogP contribution is -2.12. The van der Waals surface area contributed by atoms with Crippen molar-refractivity contribution in [2.75, 3.05) is 0 Å². The molecule has 26 heavy (non-hydrogen) atoms. The van der Waals surface area contributed by atoms with E-state index in [4.69, 9.17) is 0 Å². The summed E-state index contributed by atoms with van der Waals surface area (Å²) in [6.45, 7) is 1.91. The van der Waals surface area contributed by atoms with E-state index in [9.17, 15) is 8.42 Å². The molecule has 0 aliphatic heterocycles. The first-order valence-electron chi connectivity index (χ1n) is 7.88. The molecule has 0 unspecified atom stereocenters. The Bertz CT molecular complexity index is 1200. The summed E-state index contributed by atoms with van der Waals surface area (Å²) >= 11 is 3.32. The molecule has 0 atom stereocenters. The van der Waals surface area contributed by atoms with Gasteiger partial charge in [-0.05, 0) is 40.5 Å². The van der Waals surface area contributed by atoms with Crippen molar-refractivity contribution in [1.82, 2.24) is 13.9 Å². The van der Waals surface area contributed by atoms with Crippen molar-refractivity contribution in [2.24, 2.45) is 0 Å². The Morgan fingerprint density at radius 1 is 1.00 bits per heavy atom. The van der Waals surface area contributed by atoms with E-state index in [1.807, 2.05) is 37.3 Å². The Morgan fingerprint density at radius 2 is 1.69 bits per heavy atom. The number of nitrogens with zero attached hydrogens (tertiary/aromatic N) is 3. The van der Waals surface area contributed by atoms with Crippen LogP contribution in [-0.4, -0.2) is 22.4 Å². The molecular formula is C19H14BrN3O2S. The number of benzene rings is 2. The van der Waals surface area contributed by atoms with Gasteiger partial charge >= 0.3 is 0 Å². The van der Waals surface area contributed by atoms with Crippen LogP contribution in [0.2, 0.25) is 0 Å². The standard InChI is InChI=1S/C19H14BrN3O2S/c1-13-7-9-15(10-8-13)26(24,25)23-12-16(14-5-3-2-4-6-14)18-19(23)21-11-17(20)22-18/h2-12H,1H3. The molecule has 0 saturated heterocycles. The zero-order valence-corrected chi connectivity index (χ0v) is 16.2. The van der Waals surface area contributed by atoms with Gasteiger partial charge in [0.25, 0.3) is 10.0 Å². The molecule has 0 bridgehead atoms. The molecule has 2 aromatic heterocycles. The normalized spacial score (nSPS) is 11.8. The van der Waals surface area contributed by atoms with Crippen LogP contribution in [0.5, 0.6) is 0 Å². The second-order valence-corrected chi connectivity index (χ2v) is 8.52. The minimum atomic E-state index is -3.78. The van der Waals surface area contributed by atoms with Gasteiger partial charge in [-0.1, -0.05) is 48.0 Å². The van der Waals surface area contributed by atoms with Crippen molar-refractivity contribution in [1.29, 1.82) is 0 Å².